The van der Waals surface area contributed by atoms with Crippen molar-refractivity contribution in [3.63, 3.8) is 0 Å². The lowest BCUT2D eigenvalue weighted by Crippen LogP contribution is -1.81. The molecule has 0 unspecified atom stereocenters. The number of unbranched alkanes of at least 4 members (excludes halogenated alkanes) is 4. The average Bonchev–Trinajstić information content (AvgIpc) is 2.04. The summed E-state index contributed by atoms with van der Waals surface area (Å²) in [5.74, 6) is 0. The minimum Gasteiger partial charge on any atom is -0.0999 e. The van der Waals surface area contributed by atoms with Crippen LogP contribution in [0.25, 0.3) is 0 Å². The molecule has 0 saturated heterocycles. The molecule has 0 atom stereocenters. The zero-order valence-corrected chi connectivity index (χ0v) is 8.16. The quantitative estimate of drug-likeness (QED) is 0.378. The van der Waals surface area contributed by atoms with E-state index in [0.29, 0.717) is 0 Å². The van der Waals surface area contributed by atoms with E-state index in [9.17, 15) is 0 Å². The van der Waals surface area contributed by atoms with Gasteiger partial charge < -0.3 is 0 Å². The summed E-state index contributed by atoms with van der Waals surface area (Å²) in [4.78, 5) is 0. The molecule has 0 aliphatic heterocycles. The molecule has 0 nitrogen and oxygen atoms in total. The van der Waals surface area contributed by atoms with Gasteiger partial charge in [0.15, 0.2) is 0 Å². The van der Waals surface area contributed by atoms with Crippen LogP contribution in [0.2, 0.25) is 0 Å². The molecule has 66 valence electrons. The molecule has 0 radical (unpaired) electrons. The molecule has 0 aliphatic carbocycles. The van der Waals surface area contributed by atoms with Gasteiger partial charge in [0.05, 0.1) is 0 Å². The van der Waals surface area contributed by atoms with Crippen molar-refractivity contribution in [2.75, 3.05) is 0 Å². The van der Waals surface area contributed by atoms with Gasteiger partial charge in [-0.3, -0.25) is 0 Å². The Morgan fingerprint density at radius 2 is 1.64 bits per heavy atom. The fourth-order valence-electron chi connectivity index (χ4n) is 1.16. The van der Waals surface area contributed by atoms with E-state index in [-0.39, 0.29) is 0 Å². The topological polar surface area (TPSA) is 0 Å². The van der Waals surface area contributed by atoms with Crippen LogP contribution >= 0.6 is 0 Å². The van der Waals surface area contributed by atoms with Crippen molar-refractivity contribution in [2.45, 2.75) is 58.8 Å². The van der Waals surface area contributed by atoms with E-state index in [1.165, 1.54) is 44.1 Å². The van der Waals surface area contributed by atoms with Gasteiger partial charge >= 0.3 is 0 Å². The lowest BCUT2D eigenvalue weighted by Gasteiger charge is -2.01. The third kappa shape index (κ3) is 7.64. The van der Waals surface area contributed by atoms with Gasteiger partial charge in [-0.25, -0.2) is 0 Å². The third-order valence-electron chi connectivity index (χ3n) is 2.13. The van der Waals surface area contributed by atoms with Crippen molar-refractivity contribution in [1.29, 1.82) is 0 Å². The number of hydrogen-bond donors (Lipinski definition) is 0. The Balaban J connectivity index is 2.95. The smallest absolute Gasteiger partial charge is 0.0323 e. The Bertz CT molecular complexity index is 92.2. The van der Waals surface area contributed by atoms with Gasteiger partial charge in [-0.2, -0.15) is 0 Å². The van der Waals surface area contributed by atoms with Crippen LogP contribution in [0.3, 0.4) is 0 Å². The largest absolute Gasteiger partial charge is 0.0999 e. The second-order valence-electron chi connectivity index (χ2n) is 3.27. The molecule has 0 spiro atoms. The fraction of sp³-hybridized carbons (Fsp3) is 0.818. The van der Waals surface area contributed by atoms with Gasteiger partial charge in [0, 0.05) is 0 Å². The van der Waals surface area contributed by atoms with Crippen LogP contribution in [0.5, 0.6) is 0 Å². The summed E-state index contributed by atoms with van der Waals surface area (Å²) in [5.41, 5.74) is 1.42. The maximum Gasteiger partial charge on any atom is -0.0323 e. The van der Waals surface area contributed by atoms with Crippen molar-refractivity contribution >= 4 is 0 Å². The zero-order chi connectivity index (χ0) is 8.53. The molecule has 0 aliphatic rings. The molecule has 11 heavy (non-hydrogen) atoms. The van der Waals surface area contributed by atoms with E-state index >= 15 is 0 Å². The number of hydrogen-bond acceptors (Lipinski definition) is 0. The molecule has 0 saturated carbocycles. The minimum absolute atomic E-state index is 1.16. The molecule has 0 fully saturated rings. The van der Waals surface area contributed by atoms with Crippen LogP contribution in [-0.2, 0) is 0 Å². The highest BCUT2D eigenvalue weighted by Gasteiger charge is 1.91. The van der Waals surface area contributed by atoms with Crippen LogP contribution in [0.15, 0.2) is 12.2 Å². The molecular formula is C11H22. The van der Waals surface area contributed by atoms with Crippen LogP contribution in [0.4, 0.5) is 0 Å². The molecule has 0 aromatic carbocycles. The molecule has 0 aromatic rings. The summed E-state index contributed by atoms with van der Waals surface area (Å²) in [6.45, 7) is 8.43. The van der Waals surface area contributed by atoms with E-state index in [0.717, 1.165) is 6.42 Å². The second-order valence-corrected chi connectivity index (χ2v) is 3.27. The predicted molar refractivity (Wildman–Crippen MR) is 52.8 cm³/mol. The molecule has 0 bridgehead atoms. The van der Waals surface area contributed by atoms with Crippen LogP contribution in [0.1, 0.15) is 58.8 Å². The normalized spacial score (nSPS) is 10.0. The first-order chi connectivity index (χ1) is 5.31. The first kappa shape index (κ1) is 10.7. The third-order valence-corrected chi connectivity index (χ3v) is 2.13. The minimum atomic E-state index is 1.16. The van der Waals surface area contributed by atoms with E-state index in [2.05, 4.69) is 20.4 Å². The Morgan fingerprint density at radius 3 is 2.18 bits per heavy atom. The second kappa shape index (κ2) is 7.84. The summed E-state index contributed by atoms with van der Waals surface area (Å²) in [7, 11) is 0. The van der Waals surface area contributed by atoms with Gasteiger partial charge in [-0.1, -0.05) is 51.7 Å². The Kier molecular flexibility index (Phi) is 7.66. The standard InChI is InChI=1S/C11H22/c1-4-6-7-8-9-10-11(3)5-2/h3-10H2,1-2H3. The Labute approximate surface area is 71.7 Å². The lowest BCUT2D eigenvalue weighted by atomic mass is 10.1. The van der Waals surface area contributed by atoms with Gasteiger partial charge in [-0.15, -0.1) is 0 Å². The van der Waals surface area contributed by atoms with Crippen molar-refractivity contribution < 1.29 is 0 Å². The zero-order valence-electron chi connectivity index (χ0n) is 8.16. The van der Waals surface area contributed by atoms with Crippen molar-refractivity contribution in [3.05, 3.63) is 12.2 Å². The predicted octanol–water partition coefficient (Wildman–Crippen LogP) is 4.31. The molecule has 0 aromatic heterocycles. The fourth-order valence-corrected chi connectivity index (χ4v) is 1.16. The molecule has 0 heterocycles. The van der Waals surface area contributed by atoms with E-state index in [4.69, 9.17) is 0 Å². The summed E-state index contributed by atoms with van der Waals surface area (Å²) in [6.07, 6.45) is 9.31. The van der Waals surface area contributed by atoms with Crippen molar-refractivity contribution in [1.82, 2.24) is 0 Å². The van der Waals surface area contributed by atoms with Gasteiger partial charge in [0.2, 0.25) is 0 Å². The van der Waals surface area contributed by atoms with Crippen LogP contribution in [0, 0.1) is 0 Å². The highest BCUT2D eigenvalue weighted by atomic mass is 14.0. The van der Waals surface area contributed by atoms with Crippen LogP contribution in [-0.4, -0.2) is 0 Å². The first-order valence-corrected chi connectivity index (χ1v) is 4.97. The number of allylic oxidation sites excluding steroid dienone is 1. The Hall–Kier alpha value is -0.260. The maximum atomic E-state index is 3.99. The van der Waals surface area contributed by atoms with E-state index < -0.39 is 0 Å². The molecule has 0 amide bonds. The lowest BCUT2D eigenvalue weighted by molar-refractivity contribution is 0.627. The molecule has 0 N–H and O–H groups in total. The van der Waals surface area contributed by atoms with Gasteiger partial charge in [0.1, 0.15) is 0 Å². The van der Waals surface area contributed by atoms with Crippen molar-refractivity contribution in [2.24, 2.45) is 0 Å². The molecule has 0 rings (SSSR count). The SMILES string of the molecule is C=C(CC)CCCCCCC. The average molecular weight is 154 g/mol. The maximum absolute atomic E-state index is 3.99. The Morgan fingerprint density at radius 1 is 1.00 bits per heavy atom. The highest BCUT2D eigenvalue weighted by Crippen LogP contribution is 2.11. The molecular weight excluding hydrogens is 132 g/mol. The van der Waals surface area contributed by atoms with E-state index in [1.807, 2.05) is 0 Å². The highest BCUT2D eigenvalue weighted by molar-refractivity contribution is 4.91. The van der Waals surface area contributed by atoms with Gasteiger partial charge in [-0.05, 0) is 19.3 Å². The number of rotatable bonds is 7. The molecule has 0 heteroatoms. The summed E-state index contributed by atoms with van der Waals surface area (Å²) < 4.78 is 0. The van der Waals surface area contributed by atoms with Crippen LogP contribution < -0.4 is 0 Å². The first-order valence-electron chi connectivity index (χ1n) is 4.97. The summed E-state index contributed by atoms with van der Waals surface area (Å²) in [5, 5.41) is 0. The summed E-state index contributed by atoms with van der Waals surface area (Å²) >= 11 is 0. The van der Waals surface area contributed by atoms with E-state index in [1.54, 1.807) is 0 Å². The van der Waals surface area contributed by atoms with Crippen molar-refractivity contribution in [3.8, 4) is 0 Å². The van der Waals surface area contributed by atoms with Gasteiger partial charge in [0.25, 0.3) is 0 Å². The monoisotopic (exact) mass is 154 g/mol. The summed E-state index contributed by atoms with van der Waals surface area (Å²) in [6, 6.07) is 0.